The molecule has 1 aliphatic heterocycles. The third-order valence-electron chi connectivity index (χ3n) is 2.71. The minimum Gasteiger partial charge on any atom is -0.395 e. The first-order valence-electron chi connectivity index (χ1n) is 4.51. The van der Waals surface area contributed by atoms with Crippen molar-refractivity contribution < 1.29 is 14.7 Å². The smallest absolute Gasteiger partial charge is 0.235 e. The molecule has 1 N–H and O–H groups in total. The van der Waals surface area contributed by atoms with Gasteiger partial charge in [-0.1, -0.05) is 13.8 Å². The fraction of sp³-hybridized carbons (Fsp3) is 0.778. The Morgan fingerprint density at radius 2 is 2.15 bits per heavy atom. The second kappa shape index (κ2) is 3.46. The topological polar surface area (TPSA) is 57.6 Å². The second-order valence-electron chi connectivity index (χ2n) is 3.67. The summed E-state index contributed by atoms with van der Waals surface area (Å²) in [5.41, 5.74) is -0.535. The summed E-state index contributed by atoms with van der Waals surface area (Å²) in [6.07, 6.45) is 0.946. The van der Waals surface area contributed by atoms with Crippen molar-refractivity contribution in [1.82, 2.24) is 4.90 Å². The lowest BCUT2D eigenvalue weighted by Crippen LogP contribution is -2.35. The van der Waals surface area contributed by atoms with Gasteiger partial charge in [0.25, 0.3) is 0 Å². The van der Waals surface area contributed by atoms with E-state index in [0.29, 0.717) is 6.42 Å². The van der Waals surface area contributed by atoms with Crippen molar-refractivity contribution in [2.75, 3.05) is 13.2 Å². The van der Waals surface area contributed by atoms with E-state index in [-0.39, 0.29) is 31.4 Å². The van der Waals surface area contributed by atoms with Crippen molar-refractivity contribution >= 4 is 11.8 Å². The zero-order valence-corrected chi connectivity index (χ0v) is 8.04. The van der Waals surface area contributed by atoms with Gasteiger partial charge in [0.2, 0.25) is 11.8 Å². The van der Waals surface area contributed by atoms with Crippen LogP contribution in [0.3, 0.4) is 0 Å². The summed E-state index contributed by atoms with van der Waals surface area (Å²) < 4.78 is 0. The van der Waals surface area contributed by atoms with Crippen molar-refractivity contribution in [3.05, 3.63) is 0 Å². The minimum absolute atomic E-state index is 0.132. The van der Waals surface area contributed by atoms with Crippen LogP contribution in [-0.2, 0) is 9.59 Å². The van der Waals surface area contributed by atoms with Gasteiger partial charge in [-0.3, -0.25) is 14.5 Å². The van der Waals surface area contributed by atoms with E-state index < -0.39 is 5.41 Å². The molecule has 1 aliphatic rings. The Hall–Kier alpha value is -0.900. The summed E-state index contributed by atoms with van der Waals surface area (Å²) >= 11 is 0. The van der Waals surface area contributed by atoms with E-state index in [0.717, 1.165) is 4.90 Å². The summed E-state index contributed by atoms with van der Waals surface area (Å²) in [5.74, 6) is -0.308. The van der Waals surface area contributed by atoms with Crippen LogP contribution >= 0.6 is 0 Å². The maximum atomic E-state index is 11.7. The molecule has 1 atom stereocenters. The van der Waals surface area contributed by atoms with Crippen molar-refractivity contribution in [2.45, 2.75) is 26.7 Å². The minimum atomic E-state index is -0.535. The van der Waals surface area contributed by atoms with Crippen LogP contribution in [0.15, 0.2) is 0 Å². The SMILES string of the molecule is CCC1(C)CC(=O)N(CCO)C1=O. The summed E-state index contributed by atoms with van der Waals surface area (Å²) in [6.45, 7) is 3.67. The standard InChI is InChI=1S/C9H15NO3/c1-3-9(2)6-7(12)10(4-5-11)8(9)13/h11H,3-6H2,1-2H3. The zero-order chi connectivity index (χ0) is 10.1. The number of aliphatic hydroxyl groups is 1. The van der Waals surface area contributed by atoms with Crippen molar-refractivity contribution in [3.63, 3.8) is 0 Å². The molecule has 0 radical (unpaired) electrons. The molecule has 1 rings (SSSR count). The lowest BCUT2D eigenvalue weighted by atomic mass is 9.86. The molecule has 0 bridgehead atoms. The van der Waals surface area contributed by atoms with Gasteiger partial charge in [0, 0.05) is 6.42 Å². The molecule has 1 heterocycles. The average molecular weight is 185 g/mol. The fourth-order valence-electron chi connectivity index (χ4n) is 1.55. The van der Waals surface area contributed by atoms with Crippen LogP contribution in [0.1, 0.15) is 26.7 Å². The van der Waals surface area contributed by atoms with E-state index in [4.69, 9.17) is 5.11 Å². The number of carbonyl (C=O) groups is 2. The molecule has 74 valence electrons. The van der Waals surface area contributed by atoms with Crippen LogP contribution in [0, 0.1) is 5.41 Å². The van der Waals surface area contributed by atoms with Crippen LogP contribution < -0.4 is 0 Å². The Morgan fingerprint density at radius 1 is 1.54 bits per heavy atom. The molecule has 2 amide bonds. The van der Waals surface area contributed by atoms with E-state index in [1.165, 1.54) is 0 Å². The van der Waals surface area contributed by atoms with E-state index in [1.54, 1.807) is 6.92 Å². The van der Waals surface area contributed by atoms with Crippen LogP contribution in [0.2, 0.25) is 0 Å². The van der Waals surface area contributed by atoms with Gasteiger partial charge in [-0.15, -0.1) is 0 Å². The van der Waals surface area contributed by atoms with Crippen molar-refractivity contribution in [2.24, 2.45) is 5.41 Å². The van der Waals surface area contributed by atoms with Crippen LogP contribution in [0.25, 0.3) is 0 Å². The first-order valence-corrected chi connectivity index (χ1v) is 4.51. The molecule has 1 saturated heterocycles. The zero-order valence-electron chi connectivity index (χ0n) is 8.04. The largest absolute Gasteiger partial charge is 0.395 e. The third kappa shape index (κ3) is 1.58. The van der Waals surface area contributed by atoms with Gasteiger partial charge in [-0.05, 0) is 6.42 Å². The number of hydrogen-bond acceptors (Lipinski definition) is 3. The monoisotopic (exact) mass is 185 g/mol. The maximum Gasteiger partial charge on any atom is 0.235 e. The molecule has 0 aromatic carbocycles. The Bertz CT molecular complexity index is 239. The van der Waals surface area contributed by atoms with Crippen molar-refractivity contribution in [3.8, 4) is 0 Å². The van der Waals surface area contributed by atoms with E-state index in [2.05, 4.69) is 0 Å². The van der Waals surface area contributed by atoms with Gasteiger partial charge in [0.1, 0.15) is 0 Å². The Kier molecular flexibility index (Phi) is 2.71. The Balaban J connectivity index is 2.81. The molecule has 4 heteroatoms. The highest BCUT2D eigenvalue weighted by molar-refractivity contribution is 6.05. The number of hydrogen-bond donors (Lipinski definition) is 1. The fourth-order valence-corrected chi connectivity index (χ4v) is 1.55. The molecule has 0 aromatic heterocycles. The van der Waals surface area contributed by atoms with Crippen LogP contribution in [-0.4, -0.2) is 35.0 Å². The normalized spacial score (nSPS) is 28.7. The molecular weight excluding hydrogens is 170 g/mol. The van der Waals surface area contributed by atoms with Crippen molar-refractivity contribution in [1.29, 1.82) is 0 Å². The molecule has 13 heavy (non-hydrogen) atoms. The van der Waals surface area contributed by atoms with Gasteiger partial charge in [-0.2, -0.15) is 0 Å². The first-order chi connectivity index (χ1) is 6.05. The summed E-state index contributed by atoms with van der Waals surface area (Å²) in [6, 6.07) is 0. The number of amides is 2. The summed E-state index contributed by atoms with van der Waals surface area (Å²) in [7, 11) is 0. The average Bonchev–Trinajstić information content (AvgIpc) is 2.31. The molecule has 4 nitrogen and oxygen atoms in total. The first kappa shape index (κ1) is 10.2. The van der Waals surface area contributed by atoms with E-state index >= 15 is 0 Å². The van der Waals surface area contributed by atoms with Gasteiger partial charge >= 0.3 is 0 Å². The van der Waals surface area contributed by atoms with E-state index in [1.807, 2.05) is 6.92 Å². The molecule has 0 saturated carbocycles. The molecular formula is C9H15NO3. The second-order valence-corrected chi connectivity index (χ2v) is 3.67. The number of rotatable bonds is 3. The van der Waals surface area contributed by atoms with Gasteiger partial charge in [0.15, 0.2) is 0 Å². The summed E-state index contributed by atoms with van der Waals surface area (Å²) in [4.78, 5) is 24.2. The molecule has 0 aromatic rings. The highest BCUT2D eigenvalue weighted by atomic mass is 16.3. The number of β-amino-alcohol motifs (C(OH)–C–C–N with tert-alkyl or cyclic N) is 1. The quantitative estimate of drug-likeness (QED) is 0.637. The Morgan fingerprint density at radius 3 is 2.54 bits per heavy atom. The lowest BCUT2D eigenvalue weighted by molar-refractivity contribution is -0.141. The number of nitrogens with zero attached hydrogens (tertiary/aromatic N) is 1. The number of aliphatic hydroxyl groups excluding tert-OH is 1. The molecule has 0 spiro atoms. The number of likely N-dealkylation sites (tertiary alicyclic amines) is 1. The highest BCUT2D eigenvalue weighted by Gasteiger charge is 2.46. The van der Waals surface area contributed by atoms with Gasteiger partial charge in [0.05, 0.1) is 18.6 Å². The highest BCUT2D eigenvalue weighted by Crippen LogP contribution is 2.34. The van der Waals surface area contributed by atoms with Crippen LogP contribution in [0.5, 0.6) is 0 Å². The van der Waals surface area contributed by atoms with Crippen LogP contribution in [0.4, 0.5) is 0 Å². The lowest BCUT2D eigenvalue weighted by Gasteiger charge is -2.19. The van der Waals surface area contributed by atoms with Gasteiger partial charge in [-0.25, -0.2) is 0 Å². The number of carbonyl (C=O) groups excluding carboxylic acids is 2. The predicted octanol–water partition coefficient (Wildman–Crippen LogP) is 0.154. The molecule has 1 unspecified atom stereocenters. The van der Waals surface area contributed by atoms with Gasteiger partial charge < -0.3 is 5.11 Å². The maximum absolute atomic E-state index is 11.7. The Labute approximate surface area is 77.5 Å². The van der Waals surface area contributed by atoms with E-state index in [9.17, 15) is 9.59 Å². The predicted molar refractivity (Wildman–Crippen MR) is 46.8 cm³/mol. The number of imide groups is 1. The molecule has 0 aliphatic carbocycles. The summed E-state index contributed by atoms with van der Waals surface area (Å²) in [5, 5.41) is 8.66. The molecule has 1 fully saturated rings. The third-order valence-corrected chi connectivity index (χ3v) is 2.71.